The second-order valence-corrected chi connectivity index (χ2v) is 8.17. The number of nitrogens with zero attached hydrogens (tertiary/aromatic N) is 3. The number of anilines is 2. The molecule has 27 heavy (non-hydrogen) atoms. The van der Waals surface area contributed by atoms with E-state index in [-0.39, 0.29) is 18.4 Å². The maximum Gasteiger partial charge on any atom is 0.232 e. The fourth-order valence-electron chi connectivity index (χ4n) is 2.64. The summed E-state index contributed by atoms with van der Waals surface area (Å²) in [6.07, 6.45) is 4.26. The second-order valence-electron chi connectivity index (χ2n) is 6.16. The minimum absolute atomic E-state index is 0.00792. The largest absolute Gasteiger partial charge is 0.394 e. The second kappa shape index (κ2) is 7.93. The SMILES string of the molecule is CCC(CO)Nc1ccn2ncc(-c3cccc(NS(=O)(=O)CC)c3)c2n1. The summed E-state index contributed by atoms with van der Waals surface area (Å²) in [7, 11) is -3.35. The van der Waals surface area contributed by atoms with Crippen LogP contribution < -0.4 is 10.0 Å². The van der Waals surface area contributed by atoms with Crippen LogP contribution in [0.25, 0.3) is 16.8 Å². The van der Waals surface area contributed by atoms with Gasteiger partial charge in [0.25, 0.3) is 0 Å². The van der Waals surface area contributed by atoms with Crippen LogP contribution in [0.15, 0.2) is 42.7 Å². The molecule has 0 saturated heterocycles. The molecule has 0 bridgehead atoms. The number of hydrogen-bond donors (Lipinski definition) is 3. The van der Waals surface area contributed by atoms with E-state index in [4.69, 9.17) is 0 Å². The van der Waals surface area contributed by atoms with Crippen molar-refractivity contribution in [3.05, 3.63) is 42.7 Å². The van der Waals surface area contributed by atoms with Gasteiger partial charge in [0.15, 0.2) is 5.65 Å². The molecule has 0 aliphatic carbocycles. The number of hydrogen-bond acceptors (Lipinski definition) is 6. The summed E-state index contributed by atoms with van der Waals surface area (Å²) in [6, 6.07) is 8.86. The number of aliphatic hydroxyl groups is 1. The van der Waals surface area contributed by atoms with Crippen LogP contribution in [0.1, 0.15) is 20.3 Å². The van der Waals surface area contributed by atoms with Crippen LogP contribution >= 0.6 is 0 Å². The van der Waals surface area contributed by atoms with Crippen LogP contribution in [0, 0.1) is 0 Å². The third-order valence-corrected chi connectivity index (χ3v) is 5.57. The number of fused-ring (bicyclic) bond motifs is 1. The van der Waals surface area contributed by atoms with E-state index < -0.39 is 10.0 Å². The Morgan fingerprint density at radius 2 is 2.07 bits per heavy atom. The fraction of sp³-hybridized carbons (Fsp3) is 0.333. The molecule has 2 heterocycles. The average molecular weight is 389 g/mol. The first-order valence-corrected chi connectivity index (χ1v) is 10.4. The standard InChI is InChI=1S/C18H23N5O3S/c1-3-14(12-24)20-17-8-9-23-18(21-17)16(11-19-23)13-6-5-7-15(10-13)22-27(25,26)4-2/h5-11,14,22,24H,3-4,12H2,1-2H3,(H,20,21). The molecule has 0 aliphatic rings. The van der Waals surface area contributed by atoms with Gasteiger partial charge in [-0.1, -0.05) is 19.1 Å². The van der Waals surface area contributed by atoms with Crippen LogP contribution in [0.2, 0.25) is 0 Å². The van der Waals surface area contributed by atoms with Gasteiger partial charge in [0.05, 0.1) is 24.6 Å². The van der Waals surface area contributed by atoms with Gasteiger partial charge in [0.1, 0.15) is 5.82 Å². The van der Waals surface area contributed by atoms with Gasteiger partial charge in [-0.15, -0.1) is 0 Å². The molecule has 1 unspecified atom stereocenters. The Labute approximate surface area is 158 Å². The molecule has 2 aromatic heterocycles. The molecule has 9 heteroatoms. The van der Waals surface area contributed by atoms with Gasteiger partial charge in [0, 0.05) is 17.4 Å². The van der Waals surface area contributed by atoms with Gasteiger partial charge in [-0.25, -0.2) is 17.9 Å². The van der Waals surface area contributed by atoms with Gasteiger partial charge in [0.2, 0.25) is 10.0 Å². The highest BCUT2D eigenvalue weighted by Gasteiger charge is 2.13. The number of sulfonamides is 1. The molecular weight excluding hydrogens is 366 g/mol. The van der Waals surface area contributed by atoms with Gasteiger partial charge in [-0.3, -0.25) is 4.72 Å². The molecule has 3 rings (SSSR count). The highest BCUT2D eigenvalue weighted by molar-refractivity contribution is 7.92. The number of nitrogens with one attached hydrogen (secondary N) is 2. The van der Waals surface area contributed by atoms with Crippen molar-refractivity contribution >= 4 is 27.2 Å². The first-order valence-electron chi connectivity index (χ1n) is 8.78. The lowest BCUT2D eigenvalue weighted by Crippen LogP contribution is -2.23. The van der Waals surface area contributed by atoms with Crippen molar-refractivity contribution in [3.8, 4) is 11.1 Å². The lowest BCUT2D eigenvalue weighted by Gasteiger charge is -2.14. The van der Waals surface area contributed by atoms with E-state index in [0.717, 1.165) is 17.5 Å². The Hall–Kier alpha value is -2.65. The summed E-state index contributed by atoms with van der Waals surface area (Å²) in [4.78, 5) is 4.61. The number of aliphatic hydroxyl groups excluding tert-OH is 1. The Morgan fingerprint density at radius 1 is 1.26 bits per heavy atom. The molecule has 0 spiro atoms. The van der Waals surface area contributed by atoms with Crippen molar-refractivity contribution in [2.75, 3.05) is 22.4 Å². The number of aromatic nitrogens is 3. The molecule has 0 fully saturated rings. The summed E-state index contributed by atoms with van der Waals surface area (Å²) >= 11 is 0. The van der Waals surface area contributed by atoms with Crippen molar-refractivity contribution in [2.24, 2.45) is 0 Å². The molecule has 0 saturated carbocycles. The summed E-state index contributed by atoms with van der Waals surface area (Å²) in [5, 5.41) is 16.9. The Morgan fingerprint density at radius 3 is 2.78 bits per heavy atom. The summed E-state index contributed by atoms with van der Waals surface area (Å²) in [5.74, 6) is 0.654. The van der Waals surface area contributed by atoms with E-state index >= 15 is 0 Å². The van der Waals surface area contributed by atoms with E-state index in [1.54, 1.807) is 48.1 Å². The molecule has 8 nitrogen and oxygen atoms in total. The predicted molar refractivity (Wildman–Crippen MR) is 106 cm³/mol. The number of benzene rings is 1. The molecule has 0 radical (unpaired) electrons. The number of rotatable bonds is 8. The lowest BCUT2D eigenvalue weighted by molar-refractivity contribution is 0.271. The third-order valence-electron chi connectivity index (χ3n) is 4.26. The zero-order valence-electron chi connectivity index (χ0n) is 15.3. The van der Waals surface area contributed by atoms with Crippen molar-refractivity contribution in [3.63, 3.8) is 0 Å². The highest BCUT2D eigenvalue weighted by Crippen LogP contribution is 2.27. The van der Waals surface area contributed by atoms with Crippen molar-refractivity contribution in [2.45, 2.75) is 26.3 Å². The molecule has 0 aliphatic heterocycles. The monoisotopic (exact) mass is 389 g/mol. The zero-order chi connectivity index (χ0) is 19.4. The third kappa shape index (κ3) is 4.37. The Kier molecular flexibility index (Phi) is 5.62. The van der Waals surface area contributed by atoms with Crippen molar-refractivity contribution in [1.29, 1.82) is 0 Å². The van der Waals surface area contributed by atoms with E-state index in [1.165, 1.54) is 0 Å². The van der Waals surface area contributed by atoms with Crippen molar-refractivity contribution < 1.29 is 13.5 Å². The summed E-state index contributed by atoms with van der Waals surface area (Å²) in [6.45, 7) is 3.60. The van der Waals surface area contributed by atoms with Crippen LogP contribution in [-0.4, -0.2) is 46.5 Å². The molecule has 1 aromatic carbocycles. The first-order chi connectivity index (χ1) is 13.0. The van der Waals surface area contributed by atoms with Gasteiger partial charge in [-0.05, 0) is 37.1 Å². The first kappa shape index (κ1) is 19.1. The predicted octanol–water partition coefficient (Wildman–Crippen LogP) is 2.34. The Balaban J connectivity index is 1.97. The smallest absolute Gasteiger partial charge is 0.232 e. The summed E-state index contributed by atoms with van der Waals surface area (Å²) < 4.78 is 27.8. The highest BCUT2D eigenvalue weighted by atomic mass is 32.2. The molecule has 3 aromatic rings. The molecular formula is C18H23N5O3S. The fourth-order valence-corrected chi connectivity index (χ4v) is 3.27. The lowest BCUT2D eigenvalue weighted by atomic mass is 10.1. The maximum atomic E-state index is 11.8. The topological polar surface area (TPSA) is 109 Å². The normalized spacial score (nSPS) is 12.9. The minimum atomic E-state index is -3.35. The minimum Gasteiger partial charge on any atom is -0.394 e. The van der Waals surface area contributed by atoms with E-state index in [1.807, 2.05) is 13.0 Å². The maximum absolute atomic E-state index is 11.8. The van der Waals surface area contributed by atoms with Crippen LogP contribution in [0.5, 0.6) is 0 Å². The van der Waals surface area contributed by atoms with Crippen LogP contribution in [0.4, 0.5) is 11.5 Å². The van der Waals surface area contributed by atoms with Crippen LogP contribution in [0.3, 0.4) is 0 Å². The van der Waals surface area contributed by atoms with Gasteiger partial charge < -0.3 is 10.4 Å². The zero-order valence-corrected chi connectivity index (χ0v) is 16.1. The molecule has 1 atom stereocenters. The van der Waals surface area contributed by atoms with E-state index in [9.17, 15) is 13.5 Å². The quantitative estimate of drug-likeness (QED) is 0.546. The molecule has 3 N–H and O–H groups in total. The summed E-state index contributed by atoms with van der Waals surface area (Å²) in [5.41, 5.74) is 2.73. The average Bonchev–Trinajstić information content (AvgIpc) is 3.09. The van der Waals surface area contributed by atoms with Crippen molar-refractivity contribution in [1.82, 2.24) is 14.6 Å². The Bertz CT molecular complexity index is 1030. The molecule has 144 valence electrons. The van der Waals surface area contributed by atoms with E-state index in [2.05, 4.69) is 20.1 Å². The van der Waals surface area contributed by atoms with E-state index in [0.29, 0.717) is 17.2 Å². The molecule has 0 amide bonds. The van der Waals surface area contributed by atoms with Crippen LogP contribution in [-0.2, 0) is 10.0 Å². The van der Waals surface area contributed by atoms with Gasteiger partial charge >= 0.3 is 0 Å². The van der Waals surface area contributed by atoms with Gasteiger partial charge in [-0.2, -0.15) is 5.10 Å².